The van der Waals surface area contributed by atoms with Gasteiger partial charge in [-0.25, -0.2) is 14.8 Å². The number of rotatable bonds is 7. The van der Waals surface area contributed by atoms with Gasteiger partial charge in [0.1, 0.15) is 29.6 Å². The van der Waals surface area contributed by atoms with Crippen LogP contribution in [0, 0.1) is 17.2 Å². The van der Waals surface area contributed by atoms with Gasteiger partial charge in [0.25, 0.3) is 0 Å². The molecule has 3 aliphatic rings. The molecular formula is C27H30N8O. The minimum atomic E-state index is -0.494. The molecule has 2 aromatic heterocycles. The minimum absolute atomic E-state index is 0.0485. The normalized spacial score (nSPS) is 20.6. The number of hydrogen-bond acceptors (Lipinski definition) is 6. The highest BCUT2D eigenvalue weighted by Crippen LogP contribution is 2.49. The van der Waals surface area contributed by atoms with E-state index in [1.54, 1.807) is 28.4 Å². The molecule has 9 heteroatoms. The Morgan fingerprint density at radius 3 is 2.69 bits per heavy atom. The fraction of sp³-hybridized carbons (Fsp3) is 0.444. The first-order chi connectivity index (χ1) is 17.4. The molecule has 2 amide bonds. The molecule has 1 aliphatic heterocycles. The van der Waals surface area contributed by atoms with Gasteiger partial charge in [0.15, 0.2) is 0 Å². The van der Waals surface area contributed by atoms with Gasteiger partial charge in [-0.2, -0.15) is 10.2 Å². The fourth-order valence-electron chi connectivity index (χ4n) is 5.19. The summed E-state index contributed by atoms with van der Waals surface area (Å²) in [6.45, 7) is 4.89. The quantitative estimate of drug-likeness (QED) is 0.535. The van der Waals surface area contributed by atoms with E-state index >= 15 is 0 Å². The van der Waals surface area contributed by atoms with E-state index in [0.717, 1.165) is 18.5 Å². The predicted molar refractivity (Wildman–Crippen MR) is 136 cm³/mol. The number of hydrogen-bond donors (Lipinski definition) is 1. The summed E-state index contributed by atoms with van der Waals surface area (Å²) >= 11 is 0. The van der Waals surface area contributed by atoms with E-state index in [1.165, 1.54) is 18.4 Å². The van der Waals surface area contributed by atoms with Crippen LogP contribution in [0.25, 0.3) is 5.69 Å². The molecule has 36 heavy (non-hydrogen) atoms. The van der Waals surface area contributed by atoms with E-state index in [4.69, 9.17) is 9.97 Å². The Morgan fingerprint density at radius 1 is 1.19 bits per heavy atom. The molecule has 3 heterocycles. The summed E-state index contributed by atoms with van der Waals surface area (Å²) < 4.78 is 1.88. The van der Waals surface area contributed by atoms with Gasteiger partial charge in [0.05, 0.1) is 11.6 Å². The van der Waals surface area contributed by atoms with E-state index in [2.05, 4.69) is 48.4 Å². The third kappa shape index (κ3) is 3.77. The van der Waals surface area contributed by atoms with Crippen molar-refractivity contribution in [1.82, 2.24) is 24.4 Å². The lowest BCUT2D eigenvalue weighted by Gasteiger charge is -2.25. The van der Waals surface area contributed by atoms with Gasteiger partial charge in [0.2, 0.25) is 5.95 Å². The zero-order chi connectivity index (χ0) is 25.0. The van der Waals surface area contributed by atoms with Gasteiger partial charge in [-0.15, -0.1) is 0 Å². The van der Waals surface area contributed by atoms with Crippen molar-refractivity contribution in [1.29, 1.82) is 5.26 Å². The van der Waals surface area contributed by atoms with Crippen LogP contribution in [0.5, 0.6) is 0 Å². The van der Waals surface area contributed by atoms with Crippen LogP contribution in [0.4, 0.5) is 16.6 Å². The number of amides is 2. The largest absolute Gasteiger partial charge is 0.343 e. The van der Waals surface area contributed by atoms with Crippen LogP contribution in [0.1, 0.15) is 62.4 Å². The number of nitrogens with zero attached hydrogens (tertiary/aromatic N) is 7. The summed E-state index contributed by atoms with van der Waals surface area (Å²) in [5.41, 5.74) is 3.03. The molecule has 1 atom stereocenters. The summed E-state index contributed by atoms with van der Waals surface area (Å²) in [6, 6.07) is 12.6. The monoisotopic (exact) mass is 482 g/mol. The van der Waals surface area contributed by atoms with Crippen molar-refractivity contribution in [2.75, 3.05) is 23.8 Å². The van der Waals surface area contributed by atoms with Crippen molar-refractivity contribution in [2.45, 2.75) is 57.0 Å². The van der Waals surface area contributed by atoms with Crippen molar-refractivity contribution in [2.24, 2.45) is 5.92 Å². The Labute approximate surface area is 210 Å². The van der Waals surface area contributed by atoms with Gasteiger partial charge in [-0.1, -0.05) is 26.0 Å². The summed E-state index contributed by atoms with van der Waals surface area (Å²) in [5.74, 6) is 1.95. The number of nitriles is 1. The Balaban J connectivity index is 1.29. The number of likely N-dealkylation sites (N-methyl/N-ethyl adjacent to an activating group) is 1. The molecule has 2 saturated carbocycles. The number of imidazole rings is 1. The smallest absolute Gasteiger partial charge is 0.325 e. The van der Waals surface area contributed by atoms with Gasteiger partial charge in [0, 0.05) is 25.5 Å². The number of carbonyl (C=O) groups excluding carboxylic acids is 1. The van der Waals surface area contributed by atoms with Crippen molar-refractivity contribution in [3.05, 3.63) is 59.8 Å². The Kier molecular flexibility index (Phi) is 5.21. The summed E-state index contributed by atoms with van der Waals surface area (Å²) in [5, 5.41) is 13.6. The number of aromatic nitrogens is 4. The highest BCUT2D eigenvalue weighted by Gasteiger charge is 2.49. The predicted octanol–water partition coefficient (Wildman–Crippen LogP) is 4.41. The van der Waals surface area contributed by atoms with Crippen LogP contribution >= 0.6 is 0 Å². The number of benzene rings is 1. The standard InChI is InChI=1S/C27H30N8O/c1-17(2)22-15-33(3)26(36)35(22)23-9-12-29-25(31-23)32-27(10-11-27)24-21(14-28)34(16-30-24)20-6-4-5-19(13-20)18-7-8-18/h4-6,9,12-13,16-18,22H,7-8,10-11,15H2,1-3H3,(H,29,31,32). The van der Waals surface area contributed by atoms with Gasteiger partial charge in [-0.05, 0) is 61.3 Å². The third-order valence-electron chi connectivity index (χ3n) is 7.61. The lowest BCUT2D eigenvalue weighted by atomic mass is 10.0. The molecule has 3 fully saturated rings. The Morgan fingerprint density at radius 2 is 2.00 bits per heavy atom. The van der Waals surface area contributed by atoms with Crippen LogP contribution in [-0.2, 0) is 5.54 Å². The fourth-order valence-corrected chi connectivity index (χ4v) is 5.19. The molecule has 1 N–H and O–H groups in total. The van der Waals surface area contributed by atoms with E-state index in [1.807, 2.05) is 17.7 Å². The summed E-state index contributed by atoms with van der Waals surface area (Å²) in [7, 11) is 1.82. The molecule has 2 aliphatic carbocycles. The number of nitrogens with one attached hydrogen (secondary N) is 1. The molecule has 1 saturated heterocycles. The molecule has 9 nitrogen and oxygen atoms in total. The lowest BCUT2D eigenvalue weighted by molar-refractivity contribution is 0.229. The maximum absolute atomic E-state index is 12.9. The van der Waals surface area contributed by atoms with E-state index in [-0.39, 0.29) is 12.1 Å². The second-order valence-corrected chi connectivity index (χ2v) is 10.6. The summed E-state index contributed by atoms with van der Waals surface area (Å²) in [6.07, 6.45) is 7.53. The van der Waals surface area contributed by atoms with Crippen LogP contribution in [0.3, 0.4) is 0 Å². The maximum Gasteiger partial charge on any atom is 0.325 e. The lowest BCUT2D eigenvalue weighted by Crippen LogP contribution is -2.38. The molecule has 3 aromatic rings. The van der Waals surface area contributed by atoms with Crippen molar-refractivity contribution < 1.29 is 4.79 Å². The van der Waals surface area contributed by atoms with E-state index in [9.17, 15) is 10.1 Å². The number of anilines is 2. The molecule has 6 rings (SSSR count). The van der Waals surface area contributed by atoms with Crippen LogP contribution in [-0.4, -0.2) is 50.1 Å². The van der Waals surface area contributed by atoms with Crippen molar-refractivity contribution in [3.8, 4) is 11.8 Å². The SMILES string of the molecule is CC(C)C1CN(C)C(=O)N1c1ccnc(NC2(c3ncn(-c4cccc(C5CC5)c4)c3C#N)CC2)n1. The van der Waals surface area contributed by atoms with Crippen LogP contribution in [0.2, 0.25) is 0 Å². The third-order valence-corrected chi connectivity index (χ3v) is 7.61. The minimum Gasteiger partial charge on any atom is -0.343 e. The highest BCUT2D eigenvalue weighted by atomic mass is 16.2. The van der Waals surface area contributed by atoms with E-state index < -0.39 is 5.54 Å². The average Bonchev–Trinajstić information content (AvgIpc) is 3.80. The first-order valence-corrected chi connectivity index (χ1v) is 12.6. The first-order valence-electron chi connectivity index (χ1n) is 12.6. The second-order valence-electron chi connectivity index (χ2n) is 10.6. The Hall–Kier alpha value is -3.93. The topological polar surface area (TPSA) is 103 Å². The molecule has 1 unspecified atom stereocenters. The molecule has 0 spiro atoms. The van der Waals surface area contributed by atoms with E-state index in [0.29, 0.717) is 41.5 Å². The van der Waals surface area contributed by atoms with Gasteiger partial charge < -0.3 is 10.2 Å². The molecule has 0 bridgehead atoms. The van der Waals surface area contributed by atoms with Crippen molar-refractivity contribution in [3.63, 3.8) is 0 Å². The van der Waals surface area contributed by atoms with Crippen molar-refractivity contribution >= 4 is 17.8 Å². The zero-order valence-electron chi connectivity index (χ0n) is 20.8. The number of urea groups is 1. The van der Waals surface area contributed by atoms with Crippen LogP contribution in [0.15, 0.2) is 42.9 Å². The van der Waals surface area contributed by atoms with Gasteiger partial charge in [-0.3, -0.25) is 9.47 Å². The highest BCUT2D eigenvalue weighted by molar-refractivity contribution is 5.94. The maximum atomic E-state index is 12.9. The Bertz CT molecular complexity index is 1360. The second kappa shape index (κ2) is 8.33. The summed E-state index contributed by atoms with van der Waals surface area (Å²) in [4.78, 5) is 30.2. The number of carbonyl (C=O) groups is 1. The van der Waals surface area contributed by atoms with Gasteiger partial charge >= 0.3 is 6.03 Å². The first kappa shape index (κ1) is 22.5. The zero-order valence-corrected chi connectivity index (χ0v) is 20.8. The van der Waals surface area contributed by atoms with Crippen LogP contribution < -0.4 is 10.2 Å². The molecule has 0 radical (unpaired) electrons. The molecule has 184 valence electrons. The molecular weight excluding hydrogens is 452 g/mol. The molecule has 1 aromatic carbocycles. The average molecular weight is 483 g/mol.